The van der Waals surface area contributed by atoms with E-state index in [9.17, 15) is 8.42 Å². The first kappa shape index (κ1) is 15.1. The second kappa shape index (κ2) is 5.62. The Balaban J connectivity index is 2.42. The molecule has 0 spiro atoms. The van der Waals surface area contributed by atoms with Gasteiger partial charge in [0.2, 0.25) is 0 Å². The van der Waals surface area contributed by atoms with Gasteiger partial charge in [0.05, 0.1) is 23.5 Å². The molecule has 1 heterocycles. The number of nitrogens with two attached hydrogens (primary N) is 1. The average Bonchev–Trinajstić information content (AvgIpc) is 2.79. The monoisotopic (exact) mass is 424 g/mol. The fourth-order valence-electron chi connectivity index (χ4n) is 1.46. The van der Waals surface area contributed by atoms with Crippen molar-refractivity contribution in [3.8, 4) is 5.75 Å². The number of hydrogen-bond acceptors (Lipinski definition) is 5. The normalized spacial score (nSPS) is 11.3. The number of nitrogens with one attached hydrogen (secondary N) is 2. The number of aromatic nitrogens is 2. The molecule has 1 aromatic carbocycles. The maximum absolute atomic E-state index is 12.2. The van der Waals surface area contributed by atoms with E-state index in [1.807, 2.05) is 0 Å². The van der Waals surface area contributed by atoms with Crippen molar-refractivity contribution in [2.75, 3.05) is 17.6 Å². The zero-order valence-electron chi connectivity index (χ0n) is 10.1. The largest absolute Gasteiger partial charge is 0.495 e. The van der Waals surface area contributed by atoms with Crippen molar-refractivity contribution in [2.45, 2.75) is 4.90 Å². The number of methoxy groups -OCH3 is 1. The summed E-state index contributed by atoms with van der Waals surface area (Å²) in [7, 11) is -2.34. The Morgan fingerprint density at radius 3 is 2.60 bits per heavy atom. The summed E-state index contributed by atoms with van der Waals surface area (Å²) in [4.78, 5) is -0.119. The molecule has 0 fully saturated rings. The molecule has 7 nitrogen and oxygen atoms in total. The quantitative estimate of drug-likeness (QED) is 0.696. The van der Waals surface area contributed by atoms with Crippen molar-refractivity contribution in [1.82, 2.24) is 10.2 Å². The van der Waals surface area contributed by atoms with Gasteiger partial charge in [0.15, 0.2) is 0 Å². The van der Waals surface area contributed by atoms with Gasteiger partial charge in [-0.15, -0.1) is 0 Å². The molecular formula is C10H10Br2N4O3S. The lowest BCUT2D eigenvalue weighted by Crippen LogP contribution is -2.14. The zero-order chi connectivity index (χ0) is 14.9. The summed E-state index contributed by atoms with van der Waals surface area (Å²) in [5.74, 6) is 0.462. The highest BCUT2D eigenvalue weighted by Gasteiger charge is 2.21. The minimum Gasteiger partial charge on any atom is -0.495 e. The Bertz CT molecular complexity index is 745. The maximum atomic E-state index is 12.2. The van der Waals surface area contributed by atoms with Crippen LogP contribution in [0.4, 0.5) is 11.5 Å². The van der Waals surface area contributed by atoms with Crippen molar-refractivity contribution in [3.05, 3.63) is 27.3 Å². The summed E-state index contributed by atoms with van der Waals surface area (Å²) in [5, 5.41) is 5.96. The standard InChI is InChI=1S/C10H10Br2N4O3S/c1-19-8-3-7(5(11)2-6(8)12)16-20(17,18)9-4-14-15-10(9)13/h2-4,16H,1H3,(H3,13,14,15). The molecule has 1 aromatic heterocycles. The molecule has 4 N–H and O–H groups in total. The van der Waals surface area contributed by atoms with Crippen LogP contribution in [0.5, 0.6) is 5.75 Å². The molecule has 0 aliphatic heterocycles. The summed E-state index contributed by atoms with van der Waals surface area (Å²) in [6, 6.07) is 3.22. The van der Waals surface area contributed by atoms with Crippen LogP contribution in [0, 0.1) is 0 Å². The van der Waals surface area contributed by atoms with Crippen LogP contribution in [-0.4, -0.2) is 25.7 Å². The minimum atomic E-state index is -3.83. The number of H-pyrrole nitrogens is 1. The van der Waals surface area contributed by atoms with E-state index in [0.717, 1.165) is 6.20 Å². The smallest absolute Gasteiger partial charge is 0.267 e. The van der Waals surface area contributed by atoms with Gasteiger partial charge in [-0.25, -0.2) is 8.42 Å². The highest BCUT2D eigenvalue weighted by molar-refractivity contribution is 9.11. The number of benzene rings is 1. The summed E-state index contributed by atoms with van der Waals surface area (Å²) in [6.45, 7) is 0. The minimum absolute atomic E-state index is 0.0299. The Hall–Kier alpha value is -1.26. The molecule has 0 aliphatic carbocycles. The van der Waals surface area contributed by atoms with E-state index in [0.29, 0.717) is 20.4 Å². The third kappa shape index (κ3) is 2.91. The molecule has 10 heteroatoms. The number of nitrogens with zero attached hydrogens (tertiary/aromatic N) is 1. The number of halogens is 2. The van der Waals surface area contributed by atoms with E-state index in [4.69, 9.17) is 10.5 Å². The molecule has 2 rings (SSSR count). The zero-order valence-corrected chi connectivity index (χ0v) is 14.1. The van der Waals surface area contributed by atoms with Gasteiger partial charge in [-0.3, -0.25) is 9.82 Å². The van der Waals surface area contributed by atoms with Gasteiger partial charge in [0.1, 0.15) is 16.5 Å². The number of ether oxygens (including phenoxy) is 1. The van der Waals surface area contributed by atoms with Gasteiger partial charge >= 0.3 is 0 Å². The summed E-state index contributed by atoms with van der Waals surface area (Å²) in [6.07, 6.45) is 1.14. The number of anilines is 2. The highest BCUT2D eigenvalue weighted by atomic mass is 79.9. The van der Waals surface area contributed by atoms with Crippen LogP contribution < -0.4 is 15.2 Å². The van der Waals surface area contributed by atoms with Crippen LogP contribution in [0.25, 0.3) is 0 Å². The first-order valence-corrected chi connectivity index (χ1v) is 8.26. The van der Waals surface area contributed by atoms with E-state index in [-0.39, 0.29) is 10.7 Å². The number of nitrogen functional groups attached to an aromatic ring is 1. The van der Waals surface area contributed by atoms with Crippen molar-refractivity contribution in [1.29, 1.82) is 0 Å². The van der Waals surface area contributed by atoms with Gasteiger partial charge in [-0.1, -0.05) is 0 Å². The Morgan fingerprint density at radius 1 is 1.35 bits per heavy atom. The van der Waals surface area contributed by atoms with Crippen LogP contribution >= 0.6 is 31.9 Å². The Morgan fingerprint density at radius 2 is 2.05 bits per heavy atom. The van der Waals surface area contributed by atoms with E-state index >= 15 is 0 Å². The molecule has 0 saturated carbocycles. The van der Waals surface area contributed by atoms with E-state index in [1.54, 1.807) is 12.1 Å². The lowest BCUT2D eigenvalue weighted by atomic mass is 10.3. The molecular weight excluding hydrogens is 416 g/mol. The molecule has 0 amide bonds. The maximum Gasteiger partial charge on any atom is 0.267 e. The summed E-state index contributed by atoms with van der Waals surface area (Å²) >= 11 is 6.58. The fraction of sp³-hybridized carbons (Fsp3) is 0.100. The van der Waals surface area contributed by atoms with Crippen molar-refractivity contribution in [3.63, 3.8) is 0 Å². The third-order valence-corrected chi connectivity index (χ3v) is 5.08. The molecule has 0 unspecified atom stereocenters. The predicted octanol–water partition coefficient (Wildman–Crippen LogP) is 2.33. The number of hydrogen-bond donors (Lipinski definition) is 3. The van der Waals surface area contributed by atoms with Crippen molar-refractivity contribution >= 4 is 53.4 Å². The van der Waals surface area contributed by atoms with Crippen LogP contribution in [0.3, 0.4) is 0 Å². The lowest BCUT2D eigenvalue weighted by molar-refractivity contribution is 0.412. The summed E-state index contributed by atoms with van der Waals surface area (Å²) in [5.41, 5.74) is 5.84. The Kier molecular flexibility index (Phi) is 4.25. The molecule has 2 aromatic rings. The number of rotatable bonds is 4. The van der Waals surface area contributed by atoms with E-state index in [1.165, 1.54) is 7.11 Å². The molecule has 0 saturated heterocycles. The molecule has 20 heavy (non-hydrogen) atoms. The van der Waals surface area contributed by atoms with Crippen molar-refractivity contribution < 1.29 is 13.2 Å². The van der Waals surface area contributed by atoms with Gasteiger partial charge in [-0.2, -0.15) is 5.10 Å². The van der Waals surface area contributed by atoms with Gasteiger partial charge in [0, 0.05) is 10.5 Å². The second-order valence-electron chi connectivity index (χ2n) is 3.72. The van der Waals surface area contributed by atoms with Gasteiger partial charge in [0.25, 0.3) is 10.0 Å². The fourth-order valence-corrected chi connectivity index (χ4v) is 3.94. The summed E-state index contributed by atoms with van der Waals surface area (Å²) < 4.78 is 33.2. The van der Waals surface area contributed by atoms with Gasteiger partial charge < -0.3 is 10.5 Å². The average molecular weight is 426 g/mol. The van der Waals surface area contributed by atoms with Crippen LogP contribution in [0.2, 0.25) is 0 Å². The highest BCUT2D eigenvalue weighted by Crippen LogP contribution is 2.35. The van der Waals surface area contributed by atoms with Crippen molar-refractivity contribution in [2.24, 2.45) is 0 Å². The van der Waals surface area contributed by atoms with Crippen LogP contribution in [-0.2, 0) is 10.0 Å². The molecule has 0 bridgehead atoms. The third-order valence-electron chi connectivity index (χ3n) is 2.41. The SMILES string of the molecule is COc1cc(NS(=O)(=O)c2cn[nH]c2N)c(Br)cc1Br. The number of aromatic amines is 1. The molecule has 108 valence electrons. The molecule has 0 aliphatic rings. The molecule has 0 atom stereocenters. The molecule has 0 radical (unpaired) electrons. The first-order chi connectivity index (χ1) is 9.35. The van der Waals surface area contributed by atoms with E-state index < -0.39 is 10.0 Å². The van der Waals surface area contributed by atoms with E-state index in [2.05, 4.69) is 46.8 Å². The first-order valence-electron chi connectivity index (χ1n) is 5.20. The van der Waals surface area contributed by atoms with Gasteiger partial charge in [-0.05, 0) is 37.9 Å². The second-order valence-corrected chi connectivity index (χ2v) is 7.08. The van der Waals surface area contributed by atoms with Crippen LogP contribution in [0.15, 0.2) is 32.2 Å². The Labute approximate surface area is 132 Å². The predicted molar refractivity (Wildman–Crippen MR) is 82.2 cm³/mol. The number of sulfonamides is 1. The lowest BCUT2D eigenvalue weighted by Gasteiger charge is -2.12. The van der Waals surface area contributed by atoms with Crippen LogP contribution in [0.1, 0.15) is 0 Å². The topological polar surface area (TPSA) is 110 Å².